The van der Waals surface area contributed by atoms with E-state index in [2.05, 4.69) is 22.0 Å². The van der Waals surface area contributed by atoms with E-state index in [-0.39, 0.29) is 5.91 Å². The van der Waals surface area contributed by atoms with Crippen molar-refractivity contribution in [1.29, 1.82) is 0 Å². The molecule has 3 rings (SSSR count). The molecule has 1 aliphatic heterocycles. The molecule has 4 nitrogen and oxygen atoms in total. The van der Waals surface area contributed by atoms with Gasteiger partial charge in [-0.1, -0.05) is 41.7 Å². The Morgan fingerprint density at radius 2 is 1.65 bits per heavy atom. The van der Waals surface area contributed by atoms with Gasteiger partial charge in [-0.3, -0.25) is 4.79 Å². The van der Waals surface area contributed by atoms with Crippen LogP contribution in [0.5, 0.6) is 0 Å². The quantitative estimate of drug-likeness (QED) is 0.764. The van der Waals surface area contributed by atoms with Crippen molar-refractivity contribution in [3.8, 4) is 0 Å². The lowest BCUT2D eigenvalue weighted by Gasteiger charge is -2.36. The topological polar surface area (TPSA) is 35.6 Å². The normalized spacial score (nSPS) is 15.2. The summed E-state index contributed by atoms with van der Waals surface area (Å²) in [5, 5.41) is 4.32. The van der Waals surface area contributed by atoms with Crippen molar-refractivity contribution in [2.75, 3.05) is 42.9 Å². The molecule has 0 unspecified atom stereocenters. The average molecular weight is 413 g/mol. The molecule has 1 aliphatic rings. The first-order chi connectivity index (χ1) is 12.5. The number of amides is 1. The number of nitrogens with one attached hydrogen (secondary N) is 1. The highest BCUT2D eigenvalue weighted by Crippen LogP contribution is 2.31. The summed E-state index contributed by atoms with van der Waals surface area (Å²) in [6, 6.07) is 10.4. The second-order valence-electron chi connectivity index (χ2n) is 6.16. The van der Waals surface area contributed by atoms with Crippen LogP contribution in [0, 0.1) is 0 Å². The lowest BCUT2D eigenvalue weighted by atomic mass is 10.1. The van der Waals surface area contributed by atoms with Gasteiger partial charge in [0, 0.05) is 36.2 Å². The number of carbonyl (C=O) groups is 1. The van der Waals surface area contributed by atoms with Crippen molar-refractivity contribution in [1.82, 2.24) is 4.90 Å². The van der Waals surface area contributed by atoms with Gasteiger partial charge in [-0.05, 0) is 42.9 Å². The Kier molecular flexibility index (Phi) is 6.30. The van der Waals surface area contributed by atoms with Gasteiger partial charge in [0.15, 0.2) is 0 Å². The van der Waals surface area contributed by atoms with Crippen LogP contribution in [0.15, 0.2) is 36.4 Å². The molecule has 0 atom stereocenters. The minimum Gasteiger partial charge on any atom is -0.367 e. The summed E-state index contributed by atoms with van der Waals surface area (Å²) in [6.07, 6.45) is 0. The lowest BCUT2D eigenvalue weighted by Crippen LogP contribution is -2.46. The van der Waals surface area contributed by atoms with E-state index in [1.54, 1.807) is 24.3 Å². The van der Waals surface area contributed by atoms with E-state index in [4.69, 9.17) is 34.8 Å². The molecule has 2 aromatic carbocycles. The summed E-state index contributed by atoms with van der Waals surface area (Å²) in [7, 11) is 0. The molecule has 0 bridgehead atoms. The van der Waals surface area contributed by atoms with Gasteiger partial charge >= 0.3 is 0 Å². The summed E-state index contributed by atoms with van der Waals surface area (Å²) in [6.45, 7) is 7.01. The average Bonchev–Trinajstić information content (AvgIpc) is 2.62. The molecular weight excluding hydrogens is 393 g/mol. The van der Waals surface area contributed by atoms with Crippen LogP contribution in [-0.2, 0) is 0 Å². The van der Waals surface area contributed by atoms with E-state index in [1.807, 2.05) is 12.1 Å². The maximum absolute atomic E-state index is 12.7. The van der Waals surface area contributed by atoms with E-state index in [0.29, 0.717) is 26.3 Å². The van der Waals surface area contributed by atoms with Crippen molar-refractivity contribution < 1.29 is 4.79 Å². The number of rotatable bonds is 4. The number of piperazine rings is 1. The second-order valence-corrected chi connectivity index (χ2v) is 7.44. The first-order valence-electron chi connectivity index (χ1n) is 8.51. The maximum atomic E-state index is 12.7. The zero-order valence-corrected chi connectivity index (χ0v) is 16.7. The highest BCUT2D eigenvalue weighted by Gasteiger charge is 2.20. The van der Waals surface area contributed by atoms with Gasteiger partial charge in [0.25, 0.3) is 5.91 Å². The molecule has 0 radical (unpaired) electrons. The fourth-order valence-corrected chi connectivity index (χ4v) is 3.72. The van der Waals surface area contributed by atoms with Gasteiger partial charge in [-0.25, -0.2) is 0 Å². The van der Waals surface area contributed by atoms with Crippen molar-refractivity contribution in [3.05, 3.63) is 57.0 Å². The van der Waals surface area contributed by atoms with Gasteiger partial charge < -0.3 is 15.1 Å². The number of carbonyl (C=O) groups excluding carboxylic acids is 1. The summed E-state index contributed by atoms with van der Waals surface area (Å²) >= 11 is 18.2. The van der Waals surface area contributed by atoms with Crippen LogP contribution < -0.4 is 10.2 Å². The first kappa shape index (κ1) is 19.3. The molecule has 138 valence electrons. The smallest absolute Gasteiger partial charge is 0.257 e. The largest absolute Gasteiger partial charge is 0.367 e. The molecule has 1 saturated heterocycles. The van der Waals surface area contributed by atoms with Crippen molar-refractivity contribution >= 4 is 52.1 Å². The van der Waals surface area contributed by atoms with Gasteiger partial charge in [-0.2, -0.15) is 0 Å². The van der Waals surface area contributed by atoms with E-state index in [0.717, 1.165) is 38.4 Å². The Morgan fingerprint density at radius 3 is 2.31 bits per heavy atom. The summed E-state index contributed by atoms with van der Waals surface area (Å²) in [4.78, 5) is 17.3. The Bertz CT molecular complexity index is 805. The van der Waals surface area contributed by atoms with Crippen LogP contribution in [0.1, 0.15) is 17.3 Å². The van der Waals surface area contributed by atoms with Crippen molar-refractivity contribution in [2.45, 2.75) is 6.92 Å². The van der Waals surface area contributed by atoms with Gasteiger partial charge in [0.2, 0.25) is 0 Å². The predicted octanol–water partition coefficient (Wildman–Crippen LogP) is 5.04. The highest BCUT2D eigenvalue weighted by atomic mass is 35.5. The third-order valence-electron chi connectivity index (χ3n) is 4.54. The summed E-state index contributed by atoms with van der Waals surface area (Å²) in [5.74, 6) is -0.289. The van der Waals surface area contributed by atoms with Crippen LogP contribution in [-0.4, -0.2) is 43.5 Å². The number of nitrogens with zero attached hydrogens (tertiary/aromatic N) is 2. The lowest BCUT2D eigenvalue weighted by molar-refractivity contribution is 0.102. The Labute approximate surface area is 168 Å². The number of hydrogen-bond donors (Lipinski definition) is 1. The van der Waals surface area contributed by atoms with Gasteiger partial charge in [0.05, 0.1) is 22.0 Å². The van der Waals surface area contributed by atoms with Crippen LogP contribution in [0.4, 0.5) is 11.4 Å². The predicted molar refractivity (Wildman–Crippen MR) is 110 cm³/mol. The molecule has 0 saturated carbocycles. The summed E-state index contributed by atoms with van der Waals surface area (Å²) in [5.41, 5.74) is 2.01. The van der Waals surface area contributed by atoms with E-state index >= 15 is 0 Å². The SMILES string of the molecule is CCN1CCN(c2ccc(Cl)cc2NC(=O)c2ccc(Cl)cc2Cl)CC1. The number of benzene rings is 2. The zero-order valence-electron chi connectivity index (χ0n) is 14.4. The van der Waals surface area contributed by atoms with Crippen LogP contribution >= 0.6 is 34.8 Å². The van der Waals surface area contributed by atoms with E-state index in [1.165, 1.54) is 0 Å². The molecule has 0 spiro atoms. The third kappa shape index (κ3) is 4.44. The minimum absolute atomic E-state index is 0.289. The fraction of sp³-hybridized carbons (Fsp3) is 0.316. The Hall–Kier alpha value is -1.46. The monoisotopic (exact) mass is 411 g/mol. The number of anilines is 2. The maximum Gasteiger partial charge on any atom is 0.257 e. The molecule has 2 aromatic rings. The molecule has 26 heavy (non-hydrogen) atoms. The zero-order chi connectivity index (χ0) is 18.7. The molecular formula is C19H20Cl3N3O. The van der Waals surface area contributed by atoms with Gasteiger partial charge in [-0.15, -0.1) is 0 Å². The first-order valence-corrected chi connectivity index (χ1v) is 9.64. The third-order valence-corrected chi connectivity index (χ3v) is 5.33. The van der Waals surface area contributed by atoms with Crippen molar-refractivity contribution in [2.24, 2.45) is 0 Å². The van der Waals surface area contributed by atoms with Crippen LogP contribution in [0.25, 0.3) is 0 Å². The molecule has 1 heterocycles. The number of likely N-dealkylation sites (N-methyl/N-ethyl adjacent to an activating group) is 1. The van der Waals surface area contributed by atoms with Crippen molar-refractivity contribution in [3.63, 3.8) is 0 Å². The summed E-state index contributed by atoms with van der Waals surface area (Å²) < 4.78 is 0. The second kappa shape index (κ2) is 8.49. The van der Waals surface area contributed by atoms with Crippen LogP contribution in [0.2, 0.25) is 15.1 Å². The van der Waals surface area contributed by atoms with Gasteiger partial charge in [0.1, 0.15) is 0 Å². The molecule has 0 aromatic heterocycles. The van der Waals surface area contributed by atoms with Crippen LogP contribution in [0.3, 0.4) is 0 Å². The highest BCUT2D eigenvalue weighted by molar-refractivity contribution is 6.37. The number of halogens is 3. The van der Waals surface area contributed by atoms with E-state index < -0.39 is 0 Å². The Balaban J connectivity index is 1.83. The molecule has 1 fully saturated rings. The molecule has 0 aliphatic carbocycles. The molecule has 1 N–H and O–H groups in total. The van der Waals surface area contributed by atoms with E-state index in [9.17, 15) is 4.79 Å². The standard InChI is InChI=1S/C19H20Cl3N3O/c1-2-24-7-9-25(10-8-24)18-6-4-14(21)12-17(18)23-19(26)15-5-3-13(20)11-16(15)22/h3-6,11-12H,2,7-10H2,1H3,(H,23,26). The number of hydrogen-bond acceptors (Lipinski definition) is 3. The fourth-order valence-electron chi connectivity index (χ4n) is 3.05. The minimum atomic E-state index is -0.289. The molecule has 1 amide bonds. The molecule has 7 heteroatoms. The Morgan fingerprint density at radius 1 is 1.00 bits per heavy atom.